The zero-order chi connectivity index (χ0) is 37.5. The Kier molecular flexibility index (Phi) is 6.83. The Labute approximate surface area is 325 Å². The lowest BCUT2D eigenvalue weighted by Gasteiger charge is -2.13. The molecule has 0 N–H and O–H groups in total. The summed E-state index contributed by atoms with van der Waals surface area (Å²) in [5, 5.41) is 6.43. The van der Waals surface area contributed by atoms with Gasteiger partial charge in [-0.15, -0.1) is 0 Å². The van der Waals surface area contributed by atoms with Gasteiger partial charge in [0.05, 0.1) is 22.1 Å². The smallest absolute Gasteiger partial charge is 0.164 e. The second-order valence-electron chi connectivity index (χ2n) is 14.3. The second kappa shape index (κ2) is 12.3. The molecule has 0 amide bonds. The summed E-state index contributed by atoms with van der Waals surface area (Å²) in [7, 11) is 0. The fourth-order valence-electron chi connectivity index (χ4n) is 8.51. The van der Waals surface area contributed by atoms with Crippen LogP contribution in [-0.2, 0) is 0 Å². The molecule has 0 fully saturated rings. The lowest BCUT2D eigenvalue weighted by molar-refractivity contribution is 0.669. The largest absolute Gasteiger partial charge is 0.456 e. The number of aromatic nitrogens is 4. The Bertz CT molecular complexity index is 3470. The quantitative estimate of drug-likeness (QED) is 0.176. The molecule has 0 aliphatic rings. The predicted molar refractivity (Wildman–Crippen MR) is 230 cm³/mol. The van der Waals surface area contributed by atoms with Crippen LogP contribution >= 0.6 is 0 Å². The van der Waals surface area contributed by atoms with Crippen LogP contribution in [0.1, 0.15) is 0 Å². The second-order valence-corrected chi connectivity index (χ2v) is 14.3. The summed E-state index contributed by atoms with van der Waals surface area (Å²) in [6.07, 6.45) is 0. The lowest BCUT2D eigenvalue weighted by Crippen LogP contribution is -2.01. The predicted octanol–water partition coefficient (Wildman–Crippen LogP) is 13.4. The number of nitrogens with zero attached hydrogens (tertiary/aromatic N) is 4. The molecular formula is C51H30N4O2. The maximum atomic E-state index is 6.97. The van der Waals surface area contributed by atoms with Crippen molar-refractivity contribution in [1.82, 2.24) is 19.5 Å². The molecule has 0 aliphatic carbocycles. The lowest BCUT2D eigenvalue weighted by atomic mass is 9.98. The molecule has 0 atom stereocenters. The zero-order valence-electron chi connectivity index (χ0n) is 30.4. The Morgan fingerprint density at radius 3 is 1.70 bits per heavy atom. The van der Waals surface area contributed by atoms with Crippen molar-refractivity contribution in [2.24, 2.45) is 0 Å². The Morgan fingerprint density at radius 2 is 0.947 bits per heavy atom. The Balaban J connectivity index is 1.17. The van der Waals surface area contributed by atoms with Crippen LogP contribution in [0.2, 0.25) is 0 Å². The average molecular weight is 731 g/mol. The van der Waals surface area contributed by atoms with E-state index < -0.39 is 0 Å². The minimum atomic E-state index is 0.551. The SMILES string of the molecule is c1ccc(-c2nc(-c3ccc4c(c3)oc3ccccc34)nc(-c3cccc4oc5c(-c6ccccc6)ccc(-n6c7ccccc7c7ccccc76)c5c34)n2)cc1. The van der Waals surface area contributed by atoms with E-state index in [-0.39, 0.29) is 0 Å². The van der Waals surface area contributed by atoms with Crippen molar-refractivity contribution in [2.75, 3.05) is 0 Å². The monoisotopic (exact) mass is 730 g/mol. The van der Waals surface area contributed by atoms with E-state index in [0.717, 1.165) is 88.4 Å². The van der Waals surface area contributed by atoms with Crippen molar-refractivity contribution in [3.05, 3.63) is 182 Å². The zero-order valence-corrected chi connectivity index (χ0v) is 30.4. The Morgan fingerprint density at radius 1 is 0.351 bits per heavy atom. The molecule has 8 aromatic carbocycles. The van der Waals surface area contributed by atoms with Crippen LogP contribution in [0, 0.1) is 0 Å². The third-order valence-electron chi connectivity index (χ3n) is 11.1. The maximum Gasteiger partial charge on any atom is 0.164 e. The molecule has 12 rings (SSSR count). The van der Waals surface area contributed by atoms with Gasteiger partial charge in [-0.1, -0.05) is 133 Å². The summed E-state index contributed by atoms with van der Waals surface area (Å²) in [5.41, 5.74) is 11.1. The molecule has 57 heavy (non-hydrogen) atoms. The number of fused-ring (bicyclic) bond motifs is 9. The molecule has 0 radical (unpaired) electrons. The van der Waals surface area contributed by atoms with E-state index in [2.05, 4.69) is 114 Å². The molecule has 0 unspecified atom stereocenters. The van der Waals surface area contributed by atoms with E-state index in [1.54, 1.807) is 0 Å². The third kappa shape index (κ3) is 4.87. The van der Waals surface area contributed by atoms with Gasteiger partial charge < -0.3 is 13.4 Å². The highest BCUT2D eigenvalue weighted by molar-refractivity contribution is 6.20. The number of hydrogen-bond donors (Lipinski definition) is 0. The van der Waals surface area contributed by atoms with Gasteiger partial charge in [0.2, 0.25) is 0 Å². The van der Waals surface area contributed by atoms with Gasteiger partial charge in [0.15, 0.2) is 17.5 Å². The summed E-state index contributed by atoms with van der Waals surface area (Å²) in [5.74, 6) is 1.69. The van der Waals surface area contributed by atoms with Gasteiger partial charge in [-0.2, -0.15) is 0 Å². The van der Waals surface area contributed by atoms with E-state index >= 15 is 0 Å². The fourth-order valence-corrected chi connectivity index (χ4v) is 8.51. The van der Waals surface area contributed by atoms with Crippen LogP contribution in [0.3, 0.4) is 0 Å². The van der Waals surface area contributed by atoms with Crippen molar-refractivity contribution in [3.8, 4) is 51.0 Å². The van der Waals surface area contributed by atoms with E-state index in [9.17, 15) is 0 Å². The van der Waals surface area contributed by atoms with E-state index in [4.69, 9.17) is 23.8 Å². The summed E-state index contributed by atoms with van der Waals surface area (Å²) < 4.78 is 15.6. The minimum Gasteiger partial charge on any atom is -0.456 e. The summed E-state index contributed by atoms with van der Waals surface area (Å²) in [6.45, 7) is 0. The fraction of sp³-hybridized carbons (Fsp3) is 0. The van der Waals surface area contributed by atoms with E-state index in [0.29, 0.717) is 17.5 Å². The molecule has 12 aromatic rings. The van der Waals surface area contributed by atoms with Crippen LogP contribution in [0.15, 0.2) is 191 Å². The van der Waals surface area contributed by atoms with E-state index in [1.165, 1.54) is 10.8 Å². The molecule has 266 valence electrons. The van der Waals surface area contributed by atoms with Crippen LogP contribution in [0.4, 0.5) is 0 Å². The third-order valence-corrected chi connectivity index (χ3v) is 11.1. The van der Waals surface area contributed by atoms with Crippen molar-refractivity contribution in [2.45, 2.75) is 0 Å². The summed E-state index contributed by atoms with van der Waals surface area (Å²) in [4.78, 5) is 15.5. The number of para-hydroxylation sites is 3. The van der Waals surface area contributed by atoms with Gasteiger partial charge in [0.25, 0.3) is 0 Å². The average Bonchev–Trinajstić information content (AvgIpc) is 3.96. The van der Waals surface area contributed by atoms with Crippen LogP contribution in [0.5, 0.6) is 0 Å². The number of hydrogen-bond acceptors (Lipinski definition) is 5. The van der Waals surface area contributed by atoms with Crippen molar-refractivity contribution in [3.63, 3.8) is 0 Å². The summed E-state index contributed by atoms with van der Waals surface area (Å²) in [6, 6.07) is 62.6. The molecule has 0 saturated heterocycles. The minimum absolute atomic E-state index is 0.551. The standard InChI is InChI=1S/C51H30N4O2/c1-3-14-31(15-4-1)34-28-29-42(55-40-22-10-7-18-35(40)36-19-8-11-23-41(36)55)47-46-39(21-13-25-44(46)57-48(34)47)51-53-49(32-16-5-2-6-17-32)52-50(54-51)33-26-27-38-37-20-9-12-24-43(37)56-45(38)30-33/h1-30H. The van der Waals surface area contributed by atoms with Gasteiger partial charge in [-0.05, 0) is 54.1 Å². The van der Waals surface area contributed by atoms with Crippen LogP contribution < -0.4 is 0 Å². The first-order valence-corrected chi connectivity index (χ1v) is 19.0. The van der Waals surface area contributed by atoms with Gasteiger partial charge in [0, 0.05) is 49.2 Å². The van der Waals surface area contributed by atoms with Crippen LogP contribution in [-0.4, -0.2) is 19.5 Å². The van der Waals surface area contributed by atoms with Gasteiger partial charge >= 0.3 is 0 Å². The normalized spacial score (nSPS) is 11.9. The first-order valence-electron chi connectivity index (χ1n) is 19.0. The van der Waals surface area contributed by atoms with Crippen molar-refractivity contribution >= 4 is 65.7 Å². The highest BCUT2D eigenvalue weighted by Crippen LogP contribution is 2.45. The van der Waals surface area contributed by atoms with Gasteiger partial charge in [-0.25, -0.2) is 15.0 Å². The van der Waals surface area contributed by atoms with Crippen molar-refractivity contribution in [1.29, 1.82) is 0 Å². The number of benzene rings is 8. The molecule has 0 saturated carbocycles. The molecule has 0 spiro atoms. The first-order chi connectivity index (χ1) is 28.3. The topological polar surface area (TPSA) is 69.9 Å². The molecular weight excluding hydrogens is 701 g/mol. The molecule has 4 heterocycles. The number of furan rings is 2. The van der Waals surface area contributed by atoms with E-state index in [1.807, 2.05) is 72.8 Å². The maximum absolute atomic E-state index is 6.97. The molecule has 4 aromatic heterocycles. The highest BCUT2D eigenvalue weighted by atomic mass is 16.3. The van der Waals surface area contributed by atoms with Gasteiger partial charge in [0.1, 0.15) is 22.3 Å². The number of rotatable bonds is 5. The van der Waals surface area contributed by atoms with Crippen LogP contribution in [0.25, 0.3) is 117 Å². The van der Waals surface area contributed by atoms with Gasteiger partial charge in [-0.3, -0.25) is 0 Å². The highest BCUT2D eigenvalue weighted by Gasteiger charge is 2.24. The molecule has 6 heteroatoms. The summed E-state index contributed by atoms with van der Waals surface area (Å²) >= 11 is 0. The molecule has 0 bridgehead atoms. The van der Waals surface area contributed by atoms with Crippen molar-refractivity contribution < 1.29 is 8.83 Å². The first kappa shape index (κ1) is 31.5. The Hall–Kier alpha value is -7.83. The molecule has 6 nitrogen and oxygen atoms in total. The molecule has 0 aliphatic heterocycles.